The van der Waals surface area contributed by atoms with Crippen molar-refractivity contribution in [2.24, 2.45) is 0 Å². The number of carbonyl (C=O) groups is 2. The van der Waals surface area contributed by atoms with E-state index in [4.69, 9.17) is 9.84 Å². The third kappa shape index (κ3) is 6.83. The van der Waals surface area contributed by atoms with Crippen molar-refractivity contribution in [1.29, 1.82) is 0 Å². The molecule has 0 saturated carbocycles. The van der Waals surface area contributed by atoms with E-state index in [0.717, 1.165) is 35.3 Å². The molecule has 0 saturated heterocycles. The highest BCUT2D eigenvalue weighted by Gasteiger charge is 2.17. The highest BCUT2D eigenvalue weighted by Crippen LogP contribution is 2.32. The molecule has 2 rings (SSSR count). The minimum absolute atomic E-state index is 0.0734. The molecule has 0 spiro atoms. The molecule has 1 heterocycles. The van der Waals surface area contributed by atoms with Gasteiger partial charge in [-0.3, -0.25) is 9.69 Å². The number of aliphatic carboxylic acids is 1. The molecule has 8 heteroatoms. The Morgan fingerprint density at radius 3 is 2.59 bits per heavy atom. The van der Waals surface area contributed by atoms with Crippen LogP contribution in [0.15, 0.2) is 30.5 Å². The molecule has 7 nitrogen and oxygen atoms in total. The number of anilines is 1. The number of nitrogens with zero attached hydrogens (tertiary/aromatic N) is 2. The maximum Gasteiger partial charge on any atom is 0.323 e. The van der Waals surface area contributed by atoms with Gasteiger partial charge >= 0.3 is 12.0 Å². The number of unbranched alkanes of at least 4 members (excludes halogenated alkanes) is 2. The molecule has 0 unspecified atom stereocenters. The molecule has 158 valence electrons. The van der Waals surface area contributed by atoms with Crippen molar-refractivity contribution in [3.63, 3.8) is 0 Å². The zero-order valence-electron chi connectivity index (χ0n) is 17.2. The quantitative estimate of drug-likeness (QED) is 0.515. The van der Waals surface area contributed by atoms with Crippen LogP contribution >= 0.6 is 11.3 Å². The number of aromatic nitrogens is 1. The minimum Gasteiger partial charge on any atom is -0.481 e. The normalized spacial score (nSPS) is 11.8. The Morgan fingerprint density at radius 1 is 1.24 bits per heavy atom. The smallest absolute Gasteiger partial charge is 0.323 e. The number of thiazole rings is 1. The molecule has 1 aromatic heterocycles. The van der Waals surface area contributed by atoms with Crippen molar-refractivity contribution in [2.75, 3.05) is 25.1 Å². The fourth-order valence-corrected chi connectivity index (χ4v) is 3.71. The average Bonchev–Trinajstić information content (AvgIpc) is 3.20. The number of ether oxygens (including phenoxy) is 1. The second-order valence-corrected chi connectivity index (χ2v) is 7.68. The maximum absolute atomic E-state index is 12.2. The van der Waals surface area contributed by atoms with Crippen LogP contribution in [0.3, 0.4) is 0 Å². The zero-order valence-corrected chi connectivity index (χ0v) is 18.0. The van der Waals surface area contributed by atoms with Crippen LogP contribution in [0.25, 0.3) is 10.4 Å². The van der Waals surface area contributed by atoms with E-state index in [2.05, 4.69) is 17.2 Å². The predicted octanol–water partition coefficient (Wildman–Crippen LogP) is 4.70. The van der Waals surface area contributed by atoms with Crippen molar-refractivity contribution < 1.29 is 19.4 Å². The van der Waals surface area contributed by atoms with Gasteiger partial charge in [-0.05, 0) is 24.5 Å². The summed E-state index contributed by atoms with van der Waals surface area (Å²) in [4.78, 5) is 30.1. The van der Waals surface area contributed by atoms with Crippen LogP contribution in [0.5, 0.6) is 0 Å². The number of carboxylic acid groups (broad SMARTS) is 1. The number of benzene rings is 1. The molecule has 0 aliphatic rings. The van der Waals surface area contributed by atoms with Crippen molar-refractivity contribution in [1.82, 2.24) is 10.3 Å². The Morgan fingerprint density at radius 2 is 1.97 bits per heavy atom. The predicted molar refractivity (Wildman–Crippen MR) is 115 cm³/mol. The van der Waals surface area contributed by atoms with E-state index in [9.17, 15) is 9.59 Å². The third-order valence-corrected chi connectivity index (χ3v) is 5.56. The molecule has 0 fully saturated rings. The van der Waals surface area contributed by atoms with Crippen LogP contribution in [-0.4, -0.2) is 42.3 Å². The van der Waals surface area contributed by atoms with Gasteiger partial charge in [0.05, 0.1) is 17.4 Å². The molecule has 1 aromatic carbocycles. The van der Waals surface area contributed by atoms with E-state index in [-0.39, 0.29) is 12.5 Å². The lowest BCUT2D eigenvalue weighted by atomic mass is 10.0. The summed E-state index contributed by atoms with van der Waals surface area (Å²) in [6, 6.07) is 7.44. The summed E-state index contributed by atoms with van der Waals surface area (Å²) in [5, 5.41) is 12.6. The summed E-state index contributed by atoms with van der Waals surface area (Å²) >= 11 is 1.43. The van der Waals surface area contributed by atoms with Crippen LogP contribution < -0.4 is 10.2 Å². The van der Waals surface area contributed by atoms with E-state index < -0.39 is 12.1 Å². The molecule has 0 bridgehead atoms. The summed E-state index contributed by atoms with van der Waals surface area (Å²) in [6.45, 7) is 5.08. The van der Waals surface area contributed by atoms with Gasteiger partial charge in [-0.15, -0.1) is 0 Å². The van der Waals surface area contributed by atoms with Gasteiger partial charge in [0.1, 0.15) is 0 Å². The summed E-state index contributed by atoms with van der Waals surface area (Å²) in [5.41, 5.74) is 1.78. The van der Waals surface area contributed by atoms with Gasteiger partial charge in [0.2, 0.25) is 0 Å². The van der Waals surface area contributed by atoms with Crippen molar-refractivity contribution >= 4 is 28.5 Å². The molecule has 0 radical (unpaired) electrons. The van der Waals surface area contributed by atoms with Crippen LogP contribution in [0, 0.1) is 0 Å². The molecule has 0 aliphatic heterocycles. The Hall–Kier alpha value is -2.45. The van der Waals surface area contributed by atoms with E-state index >= 15 is 0 Å². The van der Waals surface area contributed by atoms with Crippen LogP contribution in [0.2, 0.25) is 0 Å². The monoisotopic (exact) mass is 419 g/mol. The molecule has 29 heavy (non-hydrogen) atoms. The summed E-state index contributed by atoms with van der Waals surface area (Å²) < 4.78 is 5.55. The zero-order chi connectivity index (χ0) is 21.2. The van der Waals surface area contributed by atoms with Gasteiger partial charge in [-0.25, -0.2) is 9.78 Å². The number of nitrogens with one attached hydrogen (secondary N) is 1. The largest absolute Gasteiger partial charge is 0.481 e. The van der Waals surface area contributed by atoms with E-state index in [1.54, 1.807) is 13.2 Å². The van der Waals surface area contributed by atoms with Gasteiger partial charge in [0, 0.05) is 26.4 Å². The van der Waals surface area contributed by atoms with Gasteiger partial charge in [0.15, 0.2) is 5.13 Å². The topological polar surface area (TPSA) is 91.8 Å². The van der Waals surface area contributed by atoms with Gasteiger partial charge < -0.3 is 15.2 Å². The summed E-state index contributed by atoms with van der Waals surface area (Å²) in [6.07, 6.45) is 4.38. The van der Waals surface area contributed by atoms with Gasteiger partial charge in [-0.1, -0.05) is 55.4 Å². The molecule has 0 aliphatic carbocycles. The lowest BCUT2D eigenvalue weighted by Crippen LogP contribution is -2.37. The van der Waals surface area contributed by atoms with Crippen LogP contribution in [0.1, 0.15) is 51.2 Å². The van der Waals surface area contributed by atoms with Gasteiger partial charge in [0.25, 0.3) is 0 Å². The average molecular weight is 420 g/mol. The highest BCUT2D eigenvalue weighted by atomic mass is 32.1. The number of hydrogen-bond donors (Lipinski definition) is 2. The van der Waals surface area contributed by atoms with Crippen molar-refractivity contribution in [2.45, 2.75) is 45.6 Å². The van der Waals surface area contributed by atoms with Gasteiger partial charge in [-0.2, -0.15) is 0 Å². The van der Waals surface area contributed by atoms with Crippen LogP contribution in [0.4, 0.5) is 9.93 Å². The first-order valence-electron chi connectivity index (χ1n) is 9.87. The number of carboxylic acids is 1. The Balaban J connectivity index is 2.04. The van der Waals surface area contributed by atoms with E-state index in [1.165, 1.54) is 16.2 Å². The first-order valence-corrected chi connectivity index (χ1v) is 10.7. The Kier molecular flexibility index (Phi) is 9.08. The number of urea groups is 1. The Bertz CT molecular complexity index is 791. The van der Waals surface area contributed by atoms with Crippen molar-refractivity contribution in [3.05, 3.63) is 36.0 Å². The first-order chi connectivity index (χ1) is 14.0. The SMILES string of the molecule is CCCCCNC(=O)N(C)c1ncc(-c2ccc([C@H](CC(=O)O)OCC)cc2)s1. The van der Waals surface area contributed by atoms with Crippen molar-refractivity contribution in [3.8, 4) is 10.4 Å². The molecule has 2 amide bonds. The highest BCUT2D eigenvalue weighted by molar-refractivity contribution is 7.19. The van der Waals surface area contributed by atoms with Crippen LogP contribution in [-0.2, 0) is 9.53 Å². The number of carbonyl (C=O) groups excluding carboxylic acids is 1. The first kappa shape index (κ1) is 22.8. The molecule has 2 N–H and O–H groups in total. The molecular weight excluding hydrogens is 390 g/mol. The standard InChI is InChI=1S/C21H29N3O4S/c1-4-6-7-12-22-20(27)24(3)21-23-14-18(29-21)16-10-8-15(9-11-16)17(28-5-2)13-19(25)26/h8-11,14,17H,4-7,12-13H2,1-3H3,(H,22,27)(H,25,26)/t17-/m0/s1. The molecule has 1 atom stereocenters. The van der Waals surface area contributed by atoms with E-state index in [0.29, 0.717) is 18.3 Å². The number of amides is 2. The summed E-state index contributed by atoms with van der Waals surface area (Å²) in [7, 11) is 1.71. The summed E-state index contributed by atoms with van der Waals surface area (Å²) in [5.74, 6) is -0.893. The second kappa shape index (κ2) is 11.5. The molecule has 2 aromatic rings. The fourth-order valence-electron chi connectivity index (χ4n) is 2.82. The number of rotatable bonds is 11. The Labute approximate surface area is 175 Å². The maximum atomic E-state index is 12.2. The lowest BCUT2D eigenvalue weighted by molar-refractivity contribution is -0.140. The lowest BCUT2D eigenvalue weighted by Gasteiger charge is -2.15. The van der Waals surface area contributed by atoms with E-state index in [1.807, 2.05) is 31.2 Å². The number of hydrogen-bond acceptors (Lipinski definition) is 5. The second-order valence-electron chi connectivity index (χ2n) is 6.67. The minimum atomic E-state index is -0.893. The molecular formula is C21H29N3O4S. The fraction of sp³-hybridized carbons (Fsp3) is 0.476. The third-order valence-electron chi connectivity index (χ3n) is 4.44.